The zero-order valence-corrected chi connectivity index (χ0v) is 12.6. The molecule has 0 aliphatic carbocycles. The second-order valence-electron chi connectivity index (χ2n) is 6.04. The highest BCUT2D eigenvalue weighted by Gasteiger charge is 2.40. The van der Waals surface area contributed by atoms with Crippen LogP contribution in [0.2, 0.25) is 0 Å². The number of carbonyl (C=O) groups excluding carboxylic acids is 1. The summed E-state index contributed by atoms with van der Waals surface area (Å²) in [6.45, 7) is 6.94. The average molecular weight is 286 g/mol. The molecule has 1 aliphatic rings. The number of carbonyl (C=O) groups is 2. The minimum Gasteiger partial charge on any atom is -0.481 e. The molecule has 116 valence electrons. The predicted octanol–water partition coefficient (Wildman–Crippen LogP) is 1.39. The van der Waals surface area contributed by atoms with Gasteiger partial charge in [0, 0.05) is 32.3 Å². The van der Waals surface area contributed by atoms with Gasteiger partial charge in [0.25, 0.3) is 0 Å². The Kier molecular flexibility index (Phi) is 5.80. The molecule has 1 aliphatic heterocycles. The highest BCUT2D eigenvalue weighted by molar-refractivity contribution is 5.78. The van der Waals surface area contributed by atoms with Crippen LogP contribution in [0.4, 0.5) is 4.79 Å². The quantitative estimate of drug-likeness (QED) is 0.800. The molecule has 1 heterocycles. The molecule has 0 spiro atoms. The van der Waals surface area contributed by atoms with Crippen LogP contribution in [-0.2, 0) is 4.79 Å². The molecular weight excluding hydrogens is 260 g/mol. The Bertz CT molecular complexity index is 359. The summed E-state index contributed by atoms with van der Waals surface area (Å²) in [7, 11) is 0. The van der Waals surface area contributed by atoms with E-state index in [-0.39, 0.29) is 25.2 Å². The number of hydrogen-bond donors (Lipinski definition) is 2. The summed E-state index contributed by atoms with van der Waals surface area (Å²) >= 11 is 0. The number of nitrogens with zero attached hydrogens (tertiary/aromatic N) is 2. The van der Waals surface area contributed by atoms with Crippen LogP contribution < -0.4 is 0 Å². The van der Waals surface area contributed by atoms with Crippen LogP contribution in [0.5, 0.6) is 0 Å². The van der Waals surface area contributed by atoms with E-state index in [1.54, 1.807) is 16.7 Å². The van der Waals surface area contributed by atoms with Gasteiger partial charge in [-0.15, -0.1) is 0 Å². The second-order valence-corrected chi connectivity index (χ2v) is 6.04. The molecule has 2 amide bonds. The first-order valence-corrected chi connectivity index (χ1v) is 7.21. The molecule has 0 aromatic carbocycles. The number of likely N-dealkylation sites (tertiary alicyclic amines) is 1. The maximum absolute atomic E-state index is 12.5. The van der Waals surface area contributed by atoms with Gasteiger partial charge in [-0.2, -0.15) is 0 Å². The van der Waals surface area contributed by atoms with Gasteiger partial charge in [-0.3, -0.25) is 4.79 Å². The minimum atomic E-state index is -0.854. The average Bonchev–Trinajstić information content (AvgIpc) is 2.38. The SMILES string of the molecule is CC(C)N(CCCO)C(=O)N1CCCC(C)(C(=O)O)C1. The Labute approximate surface area is 120 Å². The molecule has 0 bridgehead atoms. The van der Waals surface area contributed by atoms with Gasteiger partial charge in [-0.1, -0.05) is 0 Å². The summed E-state index contributed by atoms with van der Waals surface area (Å²) in [6.07, 6.45) is 1.85. The van der Waals surface area contributed by atoms with E-state index in [0.29, 0.717) is 32.4 Å². The van der Waals surface area contributed by atoms with Gasteiger partial charge < -0.3 is 20.0 Å². The maximum atomic E-state index is 12.5. The van der Waals surface area contributed by atoms with Crippen LogP contribution in [0.1, 0.15) is 40.0 Å². The third kappa shape index (κ3) is 3.85. The molecule has 1 fully saturated rings. The molecule has 1 saturated heterocycles. The first kappa shape index (κ1) is 16.8. The number of carboxylic acids is 1. The van der Waals surface area contributed by atoms with Gasteiger partial charge in [-0.25, -0.2) is 4.79 Å². The van der Waals surface area contributed by atoms with E-state index in [1.165, 1.54) is 0 Å². The van der Waals surface area contributed by atoms with Crippen molar-refractivity contribution >= 4 is 12.0 Å². The van der Waals surface area contributed by atoms with E-state index in [1.807, 2.05) is 13.8 Å². The Balaban J connectivity index is 2.76. The molecule has 0 aromatic rings. The van der Waals surface area contributed by atoms with Crippen molar-refractivity contribution in [3.63, 3.8) is 0 Å². The van der Waals surface area contributed by atoms with E-state index >= 15 is 0 Å². The Hall–Kier alpha value is -1.30. The fourth-order valence-electron chi connectivity index (χ4n) is 2.57. The summed E-state index contributed by atoms with van der Waals surface area (Å²) < 4.78 is 0. The molecule has 0 aromatic heterocycles. The van der Waals surface area contributed by atoms with Crippen LogP contribution in [0.3, 0.4) is 0 Å². The zero-order valence-electron chi connectivity index (χ0n) is 12.6. The number of aliphatic hydroxyl groups excluding tert-OH is 1. The standard InChI is InChI=1S/C14H26N2O4/c1-11(2)16(8-5-9-17)13(20)15-7-4-6-14(3,10-15)12(18)19/h11,17H,4-10H2,1-3H3,(H,18,19). The molecule has 1 unspecified atom stereocenters. The van der Waals surface area contributed by atoms with E-state index < -0.39 is 11.4 Å². The molecule has 20 heavy (non-hydrogen) atoms. The monoisotopic (exact) mass is 286 g/mol. The number of aliphatic carboxylic acids is 1. The Morgan fingerprint density at radius 2 is 2.05 bits per heavy atom. The van der Waals surface area contributed by atoms with Crippen molar-refractivity contribution in [1.82, 2.24) is 9.80 Å². The van der Waals surface area contributed by atoms with Crippen molar-refractivity contribution in [1.29, 1.82) is 0 Å². The summed E-state index contributed by atoms with van der Waals surface area (Å²) in [4.78, 5) is 27.2. The topological polar surface area (TPSA) is 81.1 Å². The molecule has 1 rings (SSSR count). The number of carboxylic acid groups (broad SMARTS) is 1. The minimum absolute atomic E-state index is 0.0343. The van der Waals surface area contributed by atoms with Gasteiger partial charge in [-0.05, 0) is 40.0 Å². The number of piperidine rings is 1. The van der Waals surface area contributed by atoms with Crippen molar-refractivity contribution in [3.05, 3.63) is 0 Å². The Morgan fingerprint density at radius 1 is 1.40 bits per heavy atom. The van der Waals surface area contributed by atoms with Crippen molar-refractivity contribution in [2.45, 2.75) is 46.1 Å². The molecular formula is C14H26N2O4. The first-order valence-electron chi connectivity index (χ1n) is 7.21. The first-order chi connectivity index (χ1) is 9.31. The lowest BCUT2D eigenvalue weighted by Gasteiger charge is -2.41. The fraction of sp³-hybridized carbons (Fsp3) is 0.857. The summed E-state index contributed by atoms with van der Waals surface area (Å²) in [5, 5.41) is 18.2. The maximum Gasteiger partial charge on any atom is 0.320 e. The molecule has 1 atom stereocenters. The molecule has 0 saturated carbocycles. The van der Waals surface area contributed by atoms with Gasteiger partial charge in [0.1, 0.15) is 0 Å². The molecule has 6 heteroatoms. The largest absolute Gasteiger partial charge is 0.481 e. The van der Waals surface area contributed by atoms with Crippen molar-refractivity contribution in [3.8, 4) is 0 Å². The van der Waals surface area contributed by atoms with Gasteiger partial charge in [0.2, 0.25) is 0 Å². The van der Waals surface area contributed by atoms with Crippen LogP contribution in [0.25, 0.3) is 0 Å². The third-order valence-electron chi connectivity index (χ3n) is 3.91. The molecule has 2 N–H and O–H groups in total. The zero-order chi connectivity index (χ0) is 15.3. The smallest absolute Gasteiger partial charge is 0.320 e. The van der Waals surface area contributed by atoms with E-state index in [9.17, 15) is 14.7 Å². The van der Waals surface area contributed by atoms with Crippen LogP contribution >= 0.6 is 0 Å². The van der Waals surface area contributed by atoms with Gasteiger partial charge in [0.05, 0.1) is 5.41 Å². The van der Waals surface area contributed by atoms with Crippen LogP contribution in [0, 0.1) is 5.41 Å². The molecule has 0 radical (unpaired) electrons. The van der Waals surface area contributed by atoms with E-state index in [0.717, 1.165) is 0 Å². The lowest BCUT2D eigenvalue weighted by Crippen LogP contribution is -2.54. The van der Waals surface area contributed by atoms with Gasteiger partial charge in [0.15, 0.2) is 0 Å². The predicted molar refractivity (Wildman–Crippen MR) is 75.5 cm³/mol. The Morgan fingerprint density at radius 3 is 2.55 bits per heavy atom. The molecule has 6 nitrogen and oxygen atoms in total. The normalized spacial score (nSPS) is 22.9. The highest BCUT2D eigenvalue weighted by atomic mass is 16.4. The number of urea groups is 1. The number of rotatable bonds is 5. The van der Waals surface area contributed by atoms with Crippen molar-refractivity contribution in [2.75, 3.05) is 26.2 Å². The lowest BCUT2D eigenvalue weighted by atomic mass is 9.82. The summed E-state index contributed by atoms with van der Waals surface area (Å²) in [5.74, 6) is -0.846. The highest BCUT2D eigenvalue weighted by Crippen LogP contribution is 2.30. The van der Waals surface area contributed by atoms with E-state index in [4.69, 9.17) is 5.11 Å². The summed E-state index contributed by atoms with van der Waals surface area (Å²) in [6, 6.07) is -0.0901. The summed E-state index contributed by atoms with van der Waals surface area (Å²) in [5.41, 5.74) is -0.854. The van der Waals surface area contributed by atoms with E-state index in [2.05, 4.69) is 0 Å². The van der Waals surface area contributed by atoms with Crippen LogP contribution in [-0.4, -0.2) is 64.3 Å². The number of aliphatic hydroxyl groups is 1. The van der Waals surface area contributed by atoms with Crippen molar-refractivity contribution < 1.29 is 19.8 Å². The number of hydrogen-bond acceptors (Lipinski definition) is 3. The lowest BCUT2D eigenvalue weighted by molar-refractivity contribution is -0.150. The van der Waals surface area contributed by atoms with Crippen LogP contribution in [0.15, 0.2) is 0 Å². The third-order valence-corrected chi connectivity index (χ3v) is 3.91. The number of amides is 2. The second kappa shape index (κ2) is 6.92. The fourth-order valence-corrected chi connectivity index (χ4v) is 2.57. The van der Waals surface area contributed by atoms with Gasteiger partial charge >= 0.3 is 12.0 Å². The van der Waals surface area contributed by atoms with Crippen molar-refractivity contribution in [2.24, 2.45) is 5.41 Å².